The molecule has 0 atom stereocenters. The molecular formula is C7H10Sb. The number of allylic oxidation sites excluding steroid dienone is 2. The predicted molar refractivity (Wildman–Crippen MR) is 39.1 cm³/mol. The second-order valence-corrected chi connectivity index (χ2v) is 5.54. The van der Waals surface area contributed by atoms with Crippen LogP contribution in [0.15, 0.2) is 11.1 Å². The molecular weight excluding hydrogens is 206 g/mol. The van der Waals surface area contributed by atoms with Crippen molar-refractivity contribution in [3.8, 4) is 0 Å². The molecule has 0 unspecified atom stereocenters. The number of hydrogen-bond donors (Lipinski definition) is 0. The Morgan fingerprint density at radius 2 is 1.88 bits per heavy atom. The second-order valence-electron chi connectivity index (χ2n) is 2.15. The average Bonchev–Trinajstić information content (AvgIpc) is 1.98. The molecule has 0 aromatic rings. The normalized spacial score (nSPS) is 20.9. The Morgan fingerprint density at radius 3 is 2.00 bits per heavy atom. The second kappa shape index (κ2) is 2.35. The van der Waals surface area contributed by atoms with Crippen LogP contribution in [0.4, 0.5) is 0 Å². The van der Waals surface area contributed by atoms with E-state index in [0.717, 1.165) is 0 Å². The van der Waals surface area contributed by atoms with Crippen molar-refractivity contribution in [2.24, 2.45) is 0 Å². The van der Waals surface area contributed by atoms with E-state index in [1.807, 2.05) is 0 Å². The van der Waals surface area contributed by atoms with Crippen molar-refractivity contribution in [1.82, 2.24) is 0 Å². The Bertz CT molecular complexity index is 154. The monoisotopic (exact) mass is 215 g/mol. The zero-order valence-corrected chi connectivity index (χ0v) is 8.08. The molecule has 0 bridgehead atoms. The Balaban J connectivity index is 2.85. The van der Waals surface area contributed by atoms with Crippen LogP contribution >= 0.6 is 0 Å². The van der Waals surface area contributed by atoms with Crippen LogP contribution in [0.25, 0.3) is 0 Å². The summed E-state index contributed by atoms with van der Waals surface area (Å²) >= 11 is 0.00324. The molecule has 1 aliphatic heterocycles. The van der Waals surface area contributed by atoms with Crippen LogP contribution < -0.4 is 0 Å². The molecule has 0 fully saturated rings. The van der Waals surface area contributed by atoms with Crippen LogP contribution in [0.3, 0.4) is 0 Å². The first-order valence-corrected chi connectivity index (χ1v) is 5.52. The van der Waals surface area contributed by atoms with Gasteiger partial charge in [-0.2, -0.15) is 0 Å². The Hall–Kier alpha value is 0.428. The molecule has 8 heavy (non-hydrogen) atoms. The van der Waals surface area contributed by atoms with Gasteiger partial charge >= 0.3 is 60.9 Å². The van der Waals surface area contributed by atoms with Crippen molar-refractivity contribution in [1.29, 1.82) is 0 Å². The van der Waals surface area contributed by atoms with E-state index in [0.29, 0.717) is 0 Å². The van der Waals surface area contributed by atoms with Crippen LogP contribution in [0.1, 0.15) is 20.8 Å². The third-order valence-electron chi connectivity index (χ3n) is 1.59. The molecule has 0 amide bonds. The van der Waals surface area contributed by atoms with E-state index >= 15 is 0 Å². The minimum atomic E-state index is 0.00324. The molecule has 0 aromatic heterocycles. The fourth-order valence-electron chi connectivity index (χ4n) is 0.673. The van der Waals surface area contributed by atoms with Gasteiger partial charge in [0.2, 0.25) is 0 Å². The summed E-state index contributed by atoms with van der Waals surface area (Å²) in [6.45, 7) is 6.70. The van der Waals surface area contributed by atoms with Crippen LogP contribution in [0, 0.1) is 3.86 Å². The molecule has 0 aliphatic carbocycles. The topological polar surface area (TPSA) is 0 Å². The van der Waals surface area contributed by atoms with Gasteiger partial charge in [-0.25, -0.2) is 0 Å². The van der Waals surface area contributed by atoms with Gasteiger partial charge in [0.1, 0.15) is 0 Å². The molecule has 43 valence electrons. The zero-order valence-electron chi connectivity index (χ0n) is 5.52. The van der Waals surface area contributed by atoms with Crippen LogP contribution in [-0.2, 0) is 0 Å². The SMILES string of the molecule is C[C]1[Sb]=[CH]C(C)=C1C. The molecule has 1 rings (SSSR count). The fourth-order valence-corrected chi connectivity index (χ4v) is 3.39. The van der Waals surface area contributed by atoms with E-state index in [1.54, 1.807) is 9.44 Å². The van der Waals surface area contributed by atoms with E-state index < -0.39 is 0 Å². The van der Waals surface area contributed by atoms with Crippen molar-refractivity contribution in [2.45, 2.75) is 20.8 Å². The van der Waals surface area contributed by atoms with E-state index in [9.17, 15) is 0 Å². The number of hydrogen-bond acceptors (Lipinski definition) is 0. The Morgan fingerprint density at radius 1 is 1.25 bits per heavy atom. The first kappa shape index (κ1) is 6.55. The van der Waals surface area contributed by atoms with E-state index in [4.69, 9.17) is 0 Å². The van der Waals surface area contributed by atoms with Crippen molar-refractivity contribution in [2.75, 3.05) is 0 Å². The van der Waals surface area contributed by atoms with Gasteiger partial charge < -0.3 is 0 Å². The van der Waals surface area contributed by atoms with Crippen molar-refractivity contribution < 1.29 is 0 Å². The molecule has 1 aliphatic rings. The first-order chi connectivity index (χ1) is 3.72. The standard InChI is InChI=1S/C7H10.Sb/c1-5-7(4)6(2)3;/h2H,1,3-4H3;. The van der Waals surface area contributed by atoms with Crippen LogP contribution in [0.5, 0.6) is 0 Å². The summed E-state index contributed by atoms with van der Waals surface area (Å²) in [5, 5.41) is 0. The van der Waals surface area contributed by atoms with Crippen LogP contribution in [-0.4, -0.2) is 25.1 Å². The molecule has 0 N–H and O–H groups in total. The van der Waals surface area contributed by atoms with Gasteiger partial charge in [-0.05, 0) is 0 Å². The van der Waals surface area contributed by atoms with Gasteiger partial charge in [0.15, 0.2) is 0 Å². The van der Waals surface area contributed by atoms with Crippen molar-refractivity contribution in [3.05, 3.63) is 15.0 Å². The molecule has 1 heteroatoms. The summed E-state index contributed by atoms with van der Waals surface area (Å²) in [7, 11) is 0. The summed E-state index contributed by atoms with van der Waals surface area (Å²) < 4.78 is 4.11. The van der Waals surface area contributed by atoms with Gasteiger partial charge in [0, 0.05) is 0 Å². The summed E-state index contributed by atoms with van der Waals surface area (Å²) in [5.41, 5.74) is 3.08. The molecule has 0 saturated heterocycles. The average molecular weight is 216 g/mol. The van der Waals surface area contributed by atoms with E-state index in [1.165, 1.54) is 5.57 Å². The molecule has 1 radical (unpaired) electrons. The molecule has 0 saturated carbocycles. The van der Waals surface area contributed by atoms with E-state index in [2.05, 4.69) is 24.7 Å². The molecule has 0 spiro atoms. The minimum absolute atomic E-state index is 0.00324. The fraction of sp³-hybridized carbons (Fsp3) is 0.429. The Labute approximate surface area is 61.0 Å². The summed E-state index contributed by atoms with van der Waals surface area (Å²) in [4.78, 5) is 0. The predicted octanol–water partition coefficient (Wildman–Crippen LogP) is 1.39. The van der Waals surface area contributed by atoms with Gasteiger partial charge in [-0.3, -0.25) is 0 Å². The van der Waals surface area contributed by atoms with Gasteiger partial charge in [-0.1, -0.05) is 0 Å². The van der Waals surface area contributed by atoms with E-state index in [-0.39, 0.29) is 21.1 Å². The molecule has 0 nitrogen and oxygen atoms in total. The molecule has 1 heterocycles. The third kappa shape index (κ3) is 1.05. The summed E-state index contributed by atoms with van der Waals surface area (Å²) in [5.74, 6) is 0. The first-order valence-electron chi connectivity index (χ1n) is 2.77. The maximum absolute atomic E-state index is 2.43. The van der Waals surface area contributed by atoms with Crippen molar-refractivity contribution in [3.63, 3.8) is 0 Å². The quantitative estimate of drug-likeness (QED) is 0.536. The summed E-state index contributed by atoms with van der Waals surface area (Å²) in [6.07, 6.45) is 0. The maximum atomic E-state index is 2.43. The van der Waals surface area contributed by atoms with Gasteiger partial charge in [0.25, 0.3) is 0 Å². The number of rotatable bonds is 0. The zero-order chi connectivity index (χ0) is 6.15. The molecule has 0 aromatic carbocycles. The summed E-state index contributed by atoms with van der Waals surface area (Å²) in [6, 6.07) is 0. The third-order valence-corrected chi connectivity index (χ3v) is 5.12. The Kier molecular flexibility index (Phi) is 1.92. The van der Waals surface area contributed by atoms with Crippen LogP contribution in [0.2, 0.25) is 0 Å². The van der Waals surface area contributed by atoms with Gasteiger partial charge in [-0.15, -0.1) is 0 Å². The van der Waals surface area contributed by atoms with Gasteiger partial charge in [0.05, 0.1) is 0 Å². The van der Waals surface area contributed by atoms with Crippen molar-refractivity contribution >= 4 is 25.1 Å².